The molecule has 1 aliphatic heterocycles. The molecule has 0 aliphatic carbocycles. The van der Waals surface area contributed by atoms with Gasteiger partial charge in [-0.2, -0.15) is 0 Å². The van der Waals surface area contributed by atoms with E-state index in [-0.39, 0.29) is 24.0 Å². The number of hydrogen-bond donors (Lipinski definition) is 2. The molecule has 0 saturated carbocycles. The van der Waals surface area contributed by atoms with Gasteiger partial charge in [-0.15, -0.1) is 45.5 Å². The van der Waals surface area contributed by atoms with Crippen molar-refractivity contribution in [2.45, 2.75) is 52.6 Å². The summed E-state index contributed by atoms with van der Waals surface area (Å²) >= 11 is 1.79. The van der Waals surface area contributed by atoms with Crippen molar-refractivity contribution < 1.29 is 0 Å². The number of guanidine groups is 1. The first-order valence-corrected chi connectivity index (χ1v) is 9.48. The zero-order valence-corrected chi connectivity index (χ0v) is 17.9. The van der Waals surface area contributed by atoms with E-state index < -0.39 is 0 Å². The Morgan fingerprint density at radius 1 is 1.32 bits per heavy atom. The van der Waals surface area contributed by atoms with Crippen molar-refractivity contribution in [3.05, 3.63) is 27.7 Å². The van der Waals surface area contributed by atoms with Crippen LogP contribution in [0.5, 0.6) is 0 Å². The Hall–Kier alpha value is -1.23. The second-order valence-corrected chi connectivity index (χ2v) is 6.93. The highest BCUT2D eigenvalue weighted by molar-refractivity contribution is 14.0. The van der Waals surface area contributed by atoms with Crippen LogP contribution < -0.4 is 10.6 Å². The van der Waals surface area contributed by atoms with Crippen LogP contribution in [0.4, 0.5) is 0 Å². The molecule has 0 spiro atoms. The molecule has 0 amide bonds. The number of aryl methyl sites for hydroxylation is 2. The Kier molecular flexibility index (Phi) is 8.07. The van der Waals surface area contributed by atoms with Gasteiger partial charge in [0, 0.05) is 43.5 Å². The first kappa shape index (κ1) is 20.1. The van der Waals surface area contributed by atoms with Crippen LogP contribution in [0.15, 0.2) is 11.2 Å². The fourth-order valence-corrected chi connectivity index (χ4v) is 3.60. The summed E-state index contributed by atoms with van der Waals surface area (Å²) in [6.45, 7) is 7.45. The Morgan fingerprint density at radius 2 is 2.20 bits per heavy atom. The van der Waals surface area contributed by atoms with Crippen molar-refractivity contribution >= 4 is 41.3 Å². The molecule has 2 aromatic rings. The summed E-state index contributed by atoms with van der Waals surface area (Å²) in [4.78, 5) is 10.4. The van der Waals surface area contributed by atoms with Gasteiger partial charge in [0.15, 0.2) is 11.8 Å². The number of rotatable bonds is 7. The molecular weight excluding hydrogens is 449 g/mol. The number of aromatic nitrogens is 4. The van der Waals surface area contributed by atoms with Gasteiger partial charge in [-0.3, -0.25) is 0 Å². The molecule has 0 bridgehead atoms. The molecule has 2 N–H and O–H groups in total. The highest BCUT2D eigenvalue weighted by Crippen LogP contribution is 2.14. The summed E-state index contributed by atoms with van der Waals surface area (Å²) in [5, 5.41) is 16.3. The SMILES string of the molecule is CCNC(=NCc1nnc2n1CCC2)NCCc1ncc(CC)s1.I. The maximum absolute atomic E-state index is 4.64. The zero-order chi connectivity index (χ0) is 16.8. The van der Waals surface area contributed by atoms with Crippen molar-refractivity contribution in [3.8, 4) is 0 Å². The average Bonchev–Trinajstić information content (AvgIpc) is 3.30. The molecule has 9 heteroatoms. The molecule has 0 saturated heterocycles. The van der Waals surface area contributed by atoms with Crippen LogP contribution in [0, 0.1) is 0 Å². The van der Waals surface area contributed by atoms with Crippen molar-refractivity contribution in [1.82, 2.24) is 30.4 Å². The van der Waals surface area contributed by atoms with Gasteiger partial charge in [0.1, 0.15) is 12.4 Å². The fourth-order valence-electron chi connectivity index (χ4n) is 2.73. The summed E-state index contributed by atoms with van der Waals surface area (Å²) in [7, 11) is 0. The van der Waals surface area contributed by atoms with E-state index in [0.717, 1.165) is 62.9 Å². The van der Waals surface area contributed by atoms with Gasteiger partial charge in [0.2, 0.25) is 0 Å². The van der Waals surface area contributed by atoms with Crippen molar-refractivity contribution in [2.75, 3.05) is 13.1 Å². The molecule has 2 aromatic heterocycles. The van der Waals surface area contributed by atoms with E-state index in [1.165, 1.54) is 9.88 Å². The molecule has 3 heterocycles. The van der Waals surface area contributed by atoms with E-state index >= 15 is 0 Å². The van der Waals surface area contributed by atoms with Crippen LogP contribution in [0.25, 0.3) is 0 Å². The van der Waals surface area contributed by atoms with Crippen molar-refractivity contribution in [3.63, 3.8) is 0 Å². The predicted octanol–water partition coefficient (Wildman–Crippen LogP) is 2.16. The first-order chi connectivity index (χ1) is 11.8. The minimum absolute atomic E-state index is 0. The maximum Gasteiger partial charge on any atom is 0.191 e. The summed E-state index contributed by atoms with van der Waals surface area (Å²) < 4.78 is 2.19. The second-order valence-electron chi connectivity index (χ2n) is 5.73. The first-order valence-electron chi connectivity index (χ1n) is 8.66. The maximum atomic E-state index is 4.64. The van der Waals surface area contributed by atoms with E-state index in [4.69, 9.17) is 0 Å². The third-order valence-electron chi connectivity index (χ3n) is 3.99. The molecule has 25 heavy (non-hydrogen) atoms. The molecule has 1 aliphatic rings. The van der Waals surface area contributed by atoms with Crippen molar-refractivity contribution in [1.29, 1.82) is 0 Å². The number of halogens is 1. The normalized spacial score (nSPS) is 13.4. The quantitative estimate of drug-likeness (QED) is 0.365. The Bertz CT molecular complexity index is 694. The van der Waals surface area contributed by atoms with Crippen molar-refractivity contribution in [2.24, 2.45) is 4.99 Å². The lowest BCUT2D eigenvalue weighted by atomic mass is 10.4. The lowest BCUT2D eigenvalue weighted by molar-refractivity contribution is 0.684. The standard InChI is InChI=1S/C16H25N7S.HI/c1-3-12-10-19-15(24-12)7-8-18-16(17-4-2)20-11-14-22-21-13-6-5-9-23(13)14;/h10H,3-9,11H2,1-2H3,(H2,17,18,20);1H. The van der Waals surface area contributed by atoms with E-state index in [9.17, 15) is 0 Å². The molecule has 138 valence electrons. The van der Waals surface area contributed by atoms with Crippen LogP contribution in [0.2, 0.25) is 0 Å². The number of nitrogens with zero attached hydrogens (tertiary/aromatic N) is 5. The molecule has 0 fully saturated rings. The highest BCUT2D eigenvalue weighted by atomic mass is 127. The molecular formula is C16H26IN7S. The fraction of sp³-hybridized carbons (Fsp3) is 0.625. The summed E-state index contributed by atoms with van der Waals surface area (Å²) in [6, 6.07) is 0. The highest BCUT2D eigenvalue weighted by Gasteiger charge is 2.16. The predicted molar refractivity (Wildman–Crippen MR) is 112 cm³/mol. The van der Waals surface area contributed by atoms with Gasteiger partial charge in [-0.05, 0) is 19.8 Å². The zero-order valence-electron chi connectivity index (χ0n) is 14.8. The summed E-state index contributed by atoms with van der Waals surface area (Å²) in [6.07, 6.45) is 6.13. The van der Waals surface area contributed by atoms with E-state index in [1.807, 2.05) is 6.20 Å². The van der Waals surface area contributed by atoms with E-state index in [0.29, 0.717) is 6.54 Å². The lowest BCUT2D eigenvalue weighted by Gasteiger charge is -2.10. The van der Waals surface area contributed by atoms with Gasteiger partial charge >= 0.3 is 0 Å². The monoisotopic (exact) mass is 475 g/mol. The third-order valence-corrected chi connectivity index (χ3v) is 5.19. The van der Waals surface area contributed by atoms with E-state index in [2.05, 4.69) is 49.2 Å². The van der Waals surface area contributed by atoms with Gasteiger partial charge in [0.25, 0.3) is 0 Å². The summed E-state index contributed by atoms with van der Waals surface area (Å²) in [5.41, 5.74) is 0. The Balaban J connectivity index is 0.00000225. The molecule has 0 aromatic carbocycles. The molecule has 0 radical (unpaired) electrons. The van der Waals surface area contributed by atoms with Gasteiger partial charge in [-0.25, -0.2) is 9.98 Å². The van der Waals surface area contributed by atoms with Crippen LogP contribution >= 0.6 is 35.3 Å². The minimum Gasteiger partial charge on any atom is -0.357 e. The number of aliphatic imine (C=N–C) groups is 1. The summed E-state index contributed by atoms with van der Waals surface area (Å²) in [5.74, 6) is 2.86. The van der Waals surface area contributed by atoms with Crippen LogP contribution in [-0.4, -0.2) is 38.8 Å². The van der Waals surface area contributed by atoms with Crippen LogP contribution in [0.1, 0.15) is 41.8 Å². The van der Waals surface area contributed by atoms with Crippen LogP contribution in [-0.2, 0) is 32.4 Å². The number of thiazole rings is 1. The molecule has 7 nitrogen and oxygen atoms in total. The number of nitrogens with one attached hydrogen (secondary N) is 2. The largest absolute Gasteiger partial charge is 0.357 e. The molecule has 0 atom stereocenters. The van der Waals surface area contributed by atoms with Gasteiger partial charge in [0.05, 0.1) is 5.01 Å². The lowest BCUT2D eigenvalue weighted by Crippen LogP contribution is -2.38. The number of fused-ring (bicyclic) bond motifs is 1. The van der Waals surface area contributed by atoms with Gasteiger partial charge < -0.3 is 15.2 Å². The topological polar surface area (TPSA) is 80.0 Å². The van der Waals surface area contributed by atoms with Crippen LogP contribution in [0.3, 0.4) is 0 Å². The number of hydrogen-bond acceptors (Lipinski definition) is 5. The Morgan fingerprint density at radius 3 is 2.96 bits per heavy atom. The average molecular weight is 475 g/mol. The van der Waals surface area contributed by atoms with Gasteiger partial charge in [-0.1, -0.05) is 6.92 Å². The third kappa shape index (κ3) is 5.37. The molecule has 0 unspecified atom stereocenters. The minimum atomic E-state index is 0. The molecule has 3 rings (SSSR count). The van der Waals surface area contributed by atoms with E-state index in [1.54, 1.807) is 11.3 Å². The second kappa shape index (κ2) is 10.0. The smallest absolute Gasteiger partial charge is 0.191 e. The Labute approximate surface area is 169 Å².